The van der Waals surface area contributed by atoms with E-state index < -0.39 is 0 Å². The molecule has 1 heterocycles. The molecule has 0 aliphatic rings. The SMILES string of the molecule is CC(C)Cc1noc(CCC(C)(C)CCN)n1. The monoisotopic (exact) mass is 239 g/mol. The zero-order chi connectivity index (χ0) is 12.9. The third kappa shape index (κ3) is 5.31. The number of nitrogens with two attached hydrogens (primary N) is 1. The average Bonchev–Trinajstić information content (AvgIpc) is 2.62. The van der Waals surface area contributed by atoms with Crippen LogP contribution >= 0.6 is 0 Å². The van der Waals surface area contributed by atoms with Crippen LogP contribution in [0.2, 0.25) is 0 Å². The molecule has 1 aromatic heterocycles. The number of hydrogen-bond acceptors (Lipinski definition) is 4. The van der Waals surface area contributed by atoms with Crippen molar-refractivity contribution in [3.8, 4) is 0 Å². The van der Waals surface area contributed by atoms with Gasteiger partial charge < -0.3 is 10.3 Å². The maximum Gasteiger partial charge on any atom is 0.226 e. The van der Waals surface area contributed by atoms with Crippen molar-refractivity contribution in [2.75, 3.05) is 6.54 Å². The highest BCUT2D eigenvalue weighted by Crippen LogP contribution is 2.25. The van der Waals surface area contributed by atoms with Gasteiger partial charge in [0, 0.05) is 12.8 Å². The third-order valence-electron chi connectivity index (χ3n) is 2.94. The first kappa shape index (κ1) is 14.2. The molecule has 0 radical (unpaired) electrons. The molecule has 2 N–H and O–H groups in total. The van der Waals surface area contributed by atoms with E-state index in [1.54, 1.807) is 0 Å². The summed E-state index contributed by atoms with van der Waals surface area (Å²) in [5.41, 5.74) is 5.84. The molecule has 0 spiro atoms. The molecule has 98 valence electrons. The first-order valence-electron chi connectivity index (χ1n) is 6.44. The van der Waals surface area contributed by atoms with Crippen molar-refractivity contribution in [3.05, 3.63) is 11.7 Å². The van der Waals surface area contributed by atoms with Gasteiger partial charge in [0.1, 0.15) is 0 Å². The zero-order valence-corrected chi connectivity index (χ0v) is 11.5. The van der Waals surface area contributed by atoms with Crippen LogP contribution in [0.5, 0.6) is 0 Å². The fraction of sp³-hybridized carbons (Fsp3) is 0.846. The van der Waals surface area contributed by atoms with Crippen molar-refractivity contribution in [2.24, 2.45) is 17.1 Å². The maximum absolute atomic E-state index is 5.59. The van der Waals surface area contributed by atoms with Crippen LogP contribution in [-0.2, 0) is 12.8 Å². The lowest BCUT2D eigenvalue weighted by atomic mass is 9.84. The molecule has 0 atom stereocenters. The summed E-state index contributed by atoms with van der Waals surface area (Å²) < 4.78 is 5.25. The van der Waals surface area contributed by atoms with Crippen LogP contribution in [0, 0.1) is 11.3 Å². The van der Waals surface area contributed by atoms with Crippen LogP contribution in [-0.4, -0.2) is 16.7 Å². The summed E-state index contributed by atoms with van der Waals surface area (Å²) in [6.07, 6.45) is 3.79. The number of hydrogen-bond donors (Lipinski definition) is 1. The largest absolute Gasteiger partial charge is 0.339 e. The molecule has 0 fully saturated rings. The number of aryl methyl sites for hydroxylation is 1. The van der Waals surface area contributed by atoms with Crippen LogP contribution in [0.3, 0.4) is 0 Å². The smallest absolute Gasteiger partial charge is 0.226 e. The van der Waals surface area contributed by atoms with E-state index in [0.717, 1.165) is 43.9 Å². The van der Waals surface area contributed by atoms with Gasteiger partial charge in [0.25, 0.3) is 0 Å². The van der Waals surface area contributed by atoms with Crippen LogP contribution < -0.4 is 5.73 Å². The molecule has 0 unspecified atom stereocenters. The van der Waals surface area contributed by atoms with Gasteiger partial charge >= 0.3 is 0 Å². The molecule has 0 saturated heterocycles. The maximum atomic E-state index is 5.59. The van der Waals surface area contributed by atoms with E-state index in [0.29, 0.717) is 5.92 Å². The highest BCUT2D eigenvalue weighted by molar-refractivity contribution is 4.88. The van der Waals surface area contributed by atoms with Crippen molar-refractivity contribution in [2.45, 2.75) is 53.4 Å². The van der Waals surface area contributed by atoms with Gasteiger partial charge in [0.15, 0.2) is 5.82 Å². The quantitative estimate of drug-likeness (QED) is 0.794. The van der Waals surface area contributed by atoms with Crippen LogP contribution in [0.1, 0.15) is 52.3 Å². The van der Waals surface area contributed by atoms with E-state index in [9.17, 15) is 0 Å². The molecule has 0 bridgehead atoms. The molecule has 1 rings (SSSR count). The molecule has 0 aliphatic heterocycles. The molecule has 0 saturated carbocycles. The Morgan fingerprint density at radius 3 is 2.59 bits per heavy atom. The molecule has 1 aromatic rings. The minimum Gasteiger partial charge on any atom is -0.339 e. The summed E-state index contributed by atoms with van der Waals surface area (Å²) in [6.45, 7) is 9.49. The minimum atomic E-state index is 0.251. The van der Waals surface area contributed by atoms with Crippen LogP contribution in [0.15, 0.2) is 4.52 Å². The number of rotatable bonds is 7. The fourth-order valence-electron chi connectivity index (χ4n) is 1.80. The molecular formula is C13H25N3O. The van der Waals surface area contributed by atoms with E-state index in [-0.39, 0.29) is 5.41 Å². The van der Waals surface area contributed by atoms with Gasteiger partial charge in [0.2, 0.25) is 5.89 Å². The standard InChI is InChI=1S/C13H25N3O/c1-10(2)9-11-15-12(17-16-11)5-6-13(3,4)7-8-14/h10H,5-9,14H2,1-4H3. The molecule has 4 nitrogen and oxygen atoms in total. The van der Waals surface area contributed by atoms with Crippen molar-refractivity contribution in [1.82, 2.24) is 10.1 Å². The molecule has 0 amide bonds. The Bertz CT molecular complexity index is 331. The molecule has 17 heavy (non-hydrogen) atoms. The Labute approximate surface area is 104 Å². The molecular weight excluding hydrogens is 214 g/mol. The first-order valence-corrected chi connectivity index (χ1v) is 6.44. The molecule has 0 aromatic carbocycles. The predicted octanol–water partition coefficient (Wildman–Crippen LogP) is 2.58. The van der Waals surface area contributed by atoms with Gasteiger partial charge in [-0.1, -0.05) is 32.9 Å². The minimum absolute atomic E-state index is 0.251. The van der Waals surface area contributed by atoms with Gasteiger partial charge in [-0.2, -0.15) is 4.98 Å². The zero-order valence-electron chi connectivity index (χ0n) is 11.5. The van der Waals surface area contributed by atoms with Crippen molar-refractivity contribution >= 4 is 0 Å². The Hall–Kier alpha value is -0.900. The molecule has 4 heteroatoms. The van der Waals surface area contributed by atoms with E-state index in [2.05, 4.69) is 37.8 Å². The highest BCUT2D eigenvalue weighted by atomic mass is 16.5. The summed E-state index contributed by atoms with van der Waals surface area (Å²) in [5, 5.41) is 3.99. The van der Waals surface area contributed by atoms with E-state index in [1.807, 2.05) is 0 Å². The summed E-state index contributed by atoms with van der Waals surface area (Å²) in [7, 11) is 0. The summed E-state index contributed by atoms with van der Waals surface area (Å²) in [5.74, 6) is 2.14. The number of aromatic nitrogens is 2. The Morgan fingerprint density at radius 2 is 2.00 bits per heavy atom. The second kappa shape index (κ2) is 6.15. The predicted molar refractivity (Wildman–Crippen MR) is 68.6 cm³/mol. The van der Waals surface area contributed by atoms with Crippen molar-refractivity contribution < 1.29 is 4.52 Å². The summed E-state index contributed by atoms with van der Waals surface area (Å²) >= 11 is 0. The van der Waals surface area contributed by atoms with Crippen molar-refractivity contribution in [1.29, 1.82) is 0 Å². The third-order valence-corrected chi connectivity index (χ3v) is 2.94. The Kier molecular flexibility index (Phi) is 5.12. The second-order valence-electron chi connectivity index (χ2n) is 5.91. The van der Waals surface area contributed by atoms with Gasteiger partial charge in [-0.05, 0) is 30.7 Å². The average molecular weight is 239 g/mol. The van der Waals surface area contributed by atoms with Crippen LogP contribution in [0.25, 0.3) is 0 Å². The summed E-state index contributed by atoms with van der Waals surface area (Å²) in [6, 6.07) is 0. The van der Waals surface area contributed by atoms with Gasteiger partial charge in [0.05, 0.1) is 0 Å². The lowest BCUT2D eigenvalue weighted by Gasteiger charge is -2.22. The first-order chi connectivity index (χ1) is 7.93. The van der Waals surface area contributed by atoms with Gasteiger partial charge in [-0.15, -0.1) is 0 Å². The van der Waals surface area contributed by atoms with Crippen LogP contribution in [0.4, 0.5) is 0 Å². The van der Waals surface area contributed by atoms with E-state index in [1.165, 1.54) is 0 Å². The normalized spacial score (nSPS) is 12.4. The molecule has 0 aliphatic carbocycles. The fourth-order valence-corrected chi connectivity index (χ4v) is 1.80. The lowest BCUT2D eigenvalue weighted by Crippen LogP contribution is -2.17. The summed E-state index contributed by atoms with van der Waals surface area (Å²) in [4.78, 5) is 4.40. The Balaban J connectivity index is 2.44. The number of nitrogens with zero attached hydrogens (tertiary/aromatic N) is 2. The Morgan fingerprint density at radius 1 is 1.29 bits per heavy atom. The van der Waals surface area contributed by atoms with E-state index in [4.69, 9.17) is 10.3 Å². The van der Waals surface area contributed by atoms with Crippen molar-refractivity contribution in [3.63, 3.8) is 0 Å². The lowest BCUT2D eigenvalue weighted by molar-refractivity contribution is 0.288. The second-order valence-corrected chi connectivity index (χ2v) is 5.91. The topological polar surface area (TPSA) is 64.9 Å². The van der Waals surface area contributed by atoms with Gasteiger partial charge in [-0.3, -0.25) is 0 Å². The highest BCUT2D eigenvalue weighted by Gasteiger charge is 2.18. The van der Waals surface area contributed by atoms with E-state index >= 15 is 0 Å². The van der Waals surface area contributed by atoms with Gasteiger partial charge in [-0.25, -0.2) is 0 Å².